The van der Waals surface area contributed by atoms with Crippen LogP contribution in [0.15, 0.2) is 29.3 Å². The lowest BCUT2D eigenvalue weighted by Gasteiger charge is -2.37. The summed E-state index contributed by atoms with van der Waals surface area (Å²) in [4.78, 5) is 33.2. The summed E-state index contributed by atoms with van der Waals surface area (Å²) in [6.45, 7) is 7.32. The maximum atomic E-state index is 13.3. The number of aliphatic imine (C=N–C) groups is 1. The van der Waals surface area contributed by atoms with Gasteiger partial charge in [0.2, 0.25) is 12.1 Å². The van der Waals surface area contributed by atoms with E-state index in [1.807, 2.05) is 35.5 Å². The summed E-state index contributed by atoms with van der Waals surface area (Å²) in [7, 11) is 0. The summed E-state index contributed by atoms with van der Waals surface area (Å²) in [6, 6.07) is 6.43. The molecule has 0 aromatic heterocycles. The molecule has 2 rings (SSSR count). The molecule has 1 unspecified atom stereocenters. The Morgan fingerprint density at radius 1 is 1.26 bits per heavy atom. The Kier molecular flexibility index (Phi) is 9.01. The van der Waals surface area contributed by atoms with E-state index in [1.165, 1.54) is 11.8 Å². The molecule has 2 amide bonds. The molecule has 0 spiro atoms. The van der Waals surface area contributed by atoms with Gasteiger partial charge >= 0.3 is 6.09 Å². The molecule has 1 heterocycles. The number of carbonyl (C=O) groups excluding carboxylic acids is 2. The third-order valence-electron chi connectivity index (χ3n) is 4.56. The van der Waals surface area contributed by atoms with Crippen LogP contribution in [0.3, 0.4) is 0 Å². The molecule has 0 bridgehead atoms. The smallest absolute Gasteiger partial charge is 0.408 e. The fourth-order valence-electron chi connectivity index (χ4n) is 3.16. The molecule has 31 heavy (non-hydrogen) atoms. The Bertz CT molecular complexity index is 857. The number of alkyl carbamates (subject to hydrolysis) is 1. The van der Waals surface area contributed by atoms with Crippen LogP contribution in [0, 0.1) is 11.5 Å². The third kappa shape index (κ3) is 7.64. The van der Waals surface area contributed by atoms with Gasteiger partial charge < -0.3 is 19.9 Å². The Morgan fingerprint density at radius 3 is 2.42 bits per heavy atom. The van der Waals surface area contributed by atoms with E-state index in [0.717, 1.165) is 5.56 Å². The lowest BCUT2D eigenvalue weighted by molar-refractivity contribution is -0.134. The normalized spacial score (nSPS) is 15.8. The van der Waals surface area contributed by atoms with Gasteiger partial charge in [-0.05, 0) is 38.7 Å². The number of hydrogen-bond acceptors (Lipinski definition) is 6. The summed E-state index contributed by atoms with van der Waals surface area (Å²) in [5.74, 6) is -0.201. The van der Waals surface area contributed by atoms with Crippen LogP contribution in [0.25, 0.3) is 0 Å². The van der Waals surface area contributed by atoms with E-state index in [1.54, 1.807) is 31.7 Å². The van der Waals surface area contributed by atoms with E-state index in [9.17, 15) is 9.59 Å². The van der Waals surface area contributed by atoms with Crippen molar-refractivity contribution in [1.82, 2.24) is 15.1 Å². The monoisotopic (exact) mass is 465 g/mol. The molecule has 1 atom stereocenters. The molecule has 1 N–H and O–H groups in total. The number of carbonyl (C=O) groups is 2. The van der Waals surface area contributed by atoms with E-state index in [2.05, 4.69) is 10.3 Å². The van der Waals surface area contributed by atoms with Gasteiger partial charge in [0.15, 0.2) is 5.17 Å². The van der Waals surface area contributed by atoms with Crippen molar-refractivity contribution in [1.29, 1.82) is 5.26 Å². The lowest BCUT2D eigenvalue weighted by atomic mass is 10.0. The highest BCUT2D eigenvalue weighted by molar-refractivity contribution is 8.13. The molecule has 0 radical (unpaired) electrons. The first-order valence-electron chi connectivity index (χ1n) is 9.92. The quantitative estimate of drug-likeness (QED) is 0.416. The number of amidine groups is 1. The van der Waals surface area contributed by atoms with Crippen molar-refractivity contribution in [2.24, 2.45) is 4.99 Å². The summed E-state index contributed by atoms with van der Waals surface area (Å²) in [6.07, 6.45) is 3.27. The third-order valence-corrected chi connectivity index (χ3v) is 5.64. The Balaban J connectivity index is 2.13. The summed E-state index contributed by atoms with van der Waals surface area (Å²) in [5, 5.41) is 12.7. The van der Waals surface area contributed by atoms with Crippen molar-refractivity contribution in [2.75, 3.05) is 32.4 Å². The van der Waals surface area contributed by atoms with Crippen LogP contribution in [-0.4, -0.2) is 71.0 Å². The molecule has 1 fully saturated rings. The van der Waals surface area contributed by atoms with Gasteiger partial charge in [-0.15, -0.1) is 4.99 Å². The first kappa shape index (κ1) is 24.8. The second-order valence-electron chi connectivity index (χ2n) is 8.01. The van der Waals surface area contributed by atoms with Gasteiger partial charge in [0.25, 0.3) is 0 Å². The average Bonchev–Trinajstić information content (AvgIpc) is 2.71. The number of nitrogens with one attached hydrogen (secondary N) is 1. The van der Waals surface area contributed by atoms with Gasteiger partial charge in [-0.1, -0.05) is 41.6 Å². The van der Waals surface area contributed by atoms with Gasteiger partial charge in [-0.2, -0.15) is 5.26 Å². The highest BCUT2D eigenvalue weighted by Gasteiger charge is 2.31. The topological polar surface area (TPSA) is 98.0 Å². The number of hydrogen-bond donors (Lipinski definition) is 1. The van der Waals surface area contributed by atoms with E-state index >= 15 is 0 Å². The number of rotatable bonds is 4. The van der Waals surface area contributed by atoms with Gasteiger partial charge in [0.1, 0.15) is 11.6 Å². The zero-order chi connectivity index (χ0) is 23.0. The van der Waals surface area contributed by atoms with Crippen molar-refractivity contribution in [3.05, 3.63) is 34.9 Å². The van der Waals surface area contributed by atoms with Crippen LogP contribution in [0.2, 0.25) is 5.02 Å². The maximum Gasteiger partial charge on any atom is 0.408 e. The SMILES string of the molecule is CSC(=NC#N)N1CCN(C(=O)C(Cc2ccccc2Cl)NC(=O)OC(C)(C)C)CC1. The second kappa shape index (κ2) is 11.3. The largest absolute Gasteiger partial charge is 0.444 e. The molecule has 0 saturated carbocycles. The van der Waals surface area contributed by atoms with Crippen LogP contribution in [0.5, 0.6) is 0 Å². The number of benzene rings is 1. The highest BCUT2D eigenvalue weighted by atomic mass is 35.5. The van der Waals surface area contributed by atoms with Crippen LogP contribution in [0.4, 0.5) is 4.79 Å². The van der Waals surface area contributed by atoms with E-state index in [0.29, 0.717) is 36.4 Å². The van der Waals surface area contributed by atoms with Gasteiger partial charge in [-0.3, -0.25) is 4.79 Å². The van der Waals surface area contributed by atoms with Crippen molar-refractivity contribution in [2.45, 2.75) is 38.8 Å². The minimum absolute atomic E-state index is 0.201. The van der Waals surface area contributed by atoms with Gasteiger partial charge in [0.05, 0.1) is 0 Å². The molecule has 168 valence electrons. The molecule has 1 saturated heterocycles. The number of nitrogens with zero attached hydrogens (tertiary/aromatic N) is 4. The van der Waals surface area contributed by atoms with Crippen LogP contribution in [-0.2, 0) is 16.0 Å². The van der Waals surface area contributed by atoms with Crippen molar-refractivity contribution < 1.29 is 14.3 Å². The first-order valence-corrected chi connectivity index (χ1v) is 11.5. The Morgan fingerprint density at radius 2 is 1.87 bits per heavy atom. The van der Waals surface area contributed by atoms with Crippen LogP contribution in [0.1, 0.15) is 26.3 Å². The van der Waals surface area contributed by atoms with Gasteiger partial charge in [0, 0.05) is 37.6 Å². The average molecular weight is 466 g/mol. The predicted octanol–water partition coefficient (Wildman–Crippen LogP) is 3.12. The second-order valence-corrected chi connectivity index (χ2v) is 9.19. The zero-order valence-corrected chi connectivity index (χ0v) is 19.8. The lowest BCUT2D eigenvalue weighted by Crippen LogP contribution is -2.56. The summed E-state index contributed by atoms with van der Waals surface area (Å²) < 4.78 is 5.35. The fourth-order valence-corrected chi connectivity index (χ4v) is 3.95. The van der Waals surface area contributed by atoms with E-state index < -0.39 is 17.7 Å². The van der Waals surface area contributed by atoms with Crippen LogP contribution >= 0.6 is 23.4 Å². The molecule has 1 aliphatic heterocycles. The Labute approximate surface area is 192 Å². The molecule has 0 aliphatic carbocycles. The maximum absolute atomic E-state index is 13.3. The van der Waals surface area contributed by atoms with Crippen LogP contribution < -0.4 is 5.32 Å². The number of halogens is 1. The predicted molar refractivity (Wildman–Crippen MR) is 123 cm³/mol. The van der Waals surface area contributed by atoms with Crippen molar-refractivity contribution in [3.63, 3.8) is 0 Å². The number of nitriles is 1. The van der Waals surface area contributed by atoms with Gasteiger partial charge in [-0.25, -0.2) is 4.79 Å². The number of ether oxygens (including phenoxy) is 1. The zero-order valence-electron chi connectivity index (χ0n) is 18.2. The molecular weight excluding hydrogens is 438 g/mol. The molecular formula is C21H28ClN5O3S. The highest BCUT2D eigenvalue weighted by Crippen LogP contribution is 2.19. The molecule has 1 aromatic rings. The fraction of sp³-hybridized carbons (Fsp3) is 0.524. The standard InChI is InChI=1S/C21H28ClN5O3S/c1-21(2,3)30-20(29)25-17(13-15-7-5-6-8-16(15)22)18(28)26-9-11-27(12-10-26)19(31-4)24-14-23/h5-8,17H,9-13H2,1-4H3,(H,25,29). The van der Waals surface area contributed by atoms with E-state index in [-0.39, 0.29) is 12.3 Å². The molecule has 10 heteroatoms. The van der Waals surface area contributed by atoms with Crippen molar-refractivity contribution in [3.8, 4) is 6.19 Å². The van der Waals surface area contributed by atoms with Crippen molar-refractivity contribution >= 4 is 40.5 Å². The summed E-state index contributed by atoms with van der Waals surface area (Å²) >= 11 is 7.68. The molecule has 1 aromatic carbocycles. The molecule has 8 nitrogen and oxygen atoms in total. The number of amides is 2. The first-order chi connectivity index (χ1) is 14.6. The summed E-state index contributed by atoms with van der Waals surface area (Å²) in [5.41, 5.74) is 0.0881. The number of thioether (sulfide) groups is 1. The Hall–Kier alpha value is -2.44. The minimum atomic E-state index is -0.811. The molecule has 1 aliphatic rings. The van der Waals surface area contributed by atoms with E-state index in [4.69, 9.17) is 21.6 Å². The minimum Gasteiger partial charge on any atom is -0.444 e. The number of piperazine rings is 1.